The van der Waals surface area contributed by atoms with Gasteiger partial charge in [0.2, 0.25) is 10.0 Å². The standard InChI is InChI=1S/C17H19ClN2O6S/c1-12(17(22)19-11-14-3-2-10-25-14)26-16(21)8-9-20-27(23,24)15-6-4-13(18)5-7-15/h2-7,10,12,20H,8-9,11H2,1H3,(H,19,22)/t12-/m1/s1. The summed E-state index contributed by atoms with van der Waals surface area (Å²) in [5, 5.41) is 2.98. The molecule has 0 radical (unpaired) electrons. The van der Waals surface area contributed by atoms with Crippen molar-refractivity contribution in [1.82, 2.24) is 10.0 Å². The molecule has 0 aliphatic heterocycles. The van der Waals surface area contributed by atoms with Gasteiger partial charge in [-0.05, 0) is 43.3 Å². The van der Waals surface area contributed by atoms with Crippen molar-refractivity contribution in [3.8, 4) is 0 Å². The first-order chi connectivity index (χ1) is 12.8. The summed E-state index contributed by atoms with van der Waals surface area (Å²) < 4.78 is 36.5. The molecule has 0 aliphatic rings. The van der Waals surface area contributed by atoms with Crippen LogP contribution in [0.4, 0.5) is 0 Å². The van der Waals surface area contributed by atoms with Crippen LogP contribution in [-0.4, -0.2) is 32.9 Å². The Morgan fingerprint density at radius 2 is 1.93 bits per heavy atom. The fraction of sp³-hybridized carbons (Fsp3) is 0.294. The number of esters is 1. The lowest BCUT2D eigenvalue weighted by Gasteiger charge is -2.13. The number of furan rings is 1. The second-order valence-corrected chi connectivity index (χ2v) is 7.73. The van der Waals surface area contributed by atoms with E-state index < -0.39 is 28.0 Å². The van der Waals surface area contributed by atoms with Crippen LogP contribution in [0.2, 0.25) is 5.02 Å². The number of hydrogen-bond acceptors (Lipinski definition) is 6. The number of nitrogens with one attached hydrogen (secondary N) is 2. The number of ether oxygens (including phenoxy) is 1. The van der Waals surface area contributed by atoms with Crippen LogP contribution < -0.4 is 10.0 Å². The molecule has 1 aromatic heterocycles. The smallest absolute Gasteiger partial charge is 0.307 e. The van der Waals surface area contributed by atoms with Gasteiger partial charge in [0.15, 0.2) is 6.10 Å². The van der Waals surface area contributed by atoms with Crippen LogP contribution in [0, 0.1) is 0 Å². The maximum atomic E-state index is 12.1. The van der Waals surface area contributed by atoms with Crippen molar-refractivity contribution < 1.29 is 27.2 Å². The van der Waals surface area contributed by atoms with Gasteiger partial charge in [0.1, 0.15) is 5.76 Å². The first kappa shape index (κ1) is 20.9. The number of benzene rings is 1. The van der Waals surface area contributed by atoms with Crippen LogP contribution in [-0.2, 0) is 30.9 Å². The summed E-state index contributed by atoms with van der Waals surface area (Å²) in [6.07, 6.45) is 0.249. The Balaban J connectivity index is 1.73. The van der Waals surface area contributed by atoms with Crippen molar-refractivity contribution in [2.75, 3.05) is 6.54 Å². The lowest BCUT2D eigenvalue weighted by molar-refractivity contribution is -0.154. The monoisotopic (exact) mass is 414 g/mol. The highest BCUT2D eigenvalue weighted by atomic mass is 35.5. The summed E-state index contributed by atoms with van der Waals surface area (Å²) >= 11 is 5.72. The third kappa shape index (κ3) is 6.70. The van der Waals surface area contributed by atoms with Crippen LogP contribution in [0.5, 0.6) is 0 Å². The van der Waals surface area contributed by atoms with Crippen molar-refractivity contribution in [1.29, 1.82) is 0 Å². The molecule has 2 rings (SSSR count). The summed E-state index contributed by atoms with van der Waals surface area (Å²) in [6, 6.07) is 9.00. The Morgan fingerprint density at radius 3 is 2.56 bits per heavy atom. The number of carbonyl (C=O) groups excluding carboxylic acids is 2. The third-order valence-electron chi connectivity index (χ3n) is 3.44. The van der Waals surface area contributed by atoms with Gasteiger partial charge in [0.05, 0.1) is 24.1 Å². The highest BCUT2D eigenvalue weighted by Crippen LogP contribution is 2.13. The Labute approximate surface area is 161 Å². The lowest BCUT2D eigenvalue weighted by Crippen LogP contribution is -2.36. The minimum Gasteiger partial charge on any atom is -0.467 e. The zero-order chi connectivity index (χ0) is 19.9. The van der Waals surface area contributed by atoms with Crippen molar-refractivity contribution in [2.24, 2.45) is 0 Å². The molecule has 8 nitrogen and oxygen atoms in total. The van der Waals surface area contributed by atoms with Crippen molar-refractivity contribution >= 4 is 33.5 Å². The zero-order valence-electron chi connectivity index (χ0n) is 14.5. The minimum absolute atomic E-state index is 0.0333. The average Bonchev–Trinajstić information content (AvgIpc) is 3.13. The van der Waals surface area contributed by atoms with E-state index in [9.17, 15) is 18.0 Å². The molecule has 1 amide bonds. The molecule has 10 heteroatoms. The lowest BCUT2D eigenvalue weighted by atomic mass is 10.3. The van der Waals surface area contributed by atoms with Crippen LogP contribution in [0.1, 0.15) is 19.1 Å². The molecule has 0 aliphatic carbocycles. The van der Waals surface area contributed by atoms with E-state index >= 15 is 0 Å². The third-order valence-corrected chi connectivity index (χ3v) is 5.17. The quantitative estimate of drug-likeness (QED) is 0.605. The van der Waals surface area contributed by atoms with E-state index in [1.54, 1.807) is 12.1 Å². The minimum atomic E-state index is -3.76. The average molecular weight is 415 g/mol. The molecular formula is C17H19ClN2O6S. The highest BCUT2D eigenvalue weighted by molar-refractivity contribution is 7.89. The molecule has 1 aromatic carbocycles. The summed E-state index contributed by atoms with van der Waals surface area (Å²) in [5.74, 6) is -0.616. The maximum Gasteiger partial charge on any atom is 0.307 e. The summed E-state index contributed by atoms with van der Waals surface area (Å²) in [6.45, 7) is 1.44. The molecule has 2 aromatic rings. The maximum absolute atomic E-state index is 12.1. The van der Waals surface area contributed by atoms with Gasteiger partial charge in [-0.3, -0.25) is 9.59 Å². The molecule has 1 atom stereocenters. The molecule has 0 bridgehead atoms. The number of amides is 1. The number of sulfonamides is 1. The second kappa shape index (κ2) is 9.54. The van der Waals surface area contributed by atoms with E-state index in [0.29, 0.717) is 10.8 Å². The summed E-state index contributed by atoms with van der Waals surface area (Å²) in [4.78, 5) is 23.7. The number of rotatable bonds is 9. The van der Waals surface area contributed by atoms with Gasteiger partial charge in [-0.2, -0.15) is 0 Å². The summed E-state index contributed by atoms with van der Waals surface area (Å²) in [5.41, 5.74) is 0. The van der Waals surface area contributed by atoms with Crippen molar-refractivity contribution in [3.63, 3.8) is 0 Å². The predicted octanol–water partition coefficient (Wildman–Crippen LogP) is 1.85. The van der Waals surface area contributed by atoms with Crippen LogP contribution in [0.15, 0.2) is 52.0 Å². The van der Waals surface area contributed by atoms with Gasteiger partial charge >= 0.3 is 5.97 Å². The van der Waals surface area contributed by atoms with E-state index in [1.807, 2.05) is 0 Å². The summed E-state index contributed by atoms with van der Waals surface area (Å²) in [7, 11) is -3.76. The molecule has 146 valence electrons. The molecule has 0 saturated heterocycles. The molecule has 0 unspecified atom stereocenters. The fourth-order valence-electron chi connectivity index (χ4n) is 2.03. The highest BCUT2D eigenvalue weighted by Gasteiger charge is 2.19. The molecule has 27 heavy (non-hydrogen) atoms. The van der Waals surface area contributed by atoms with Crippen molar-refractivity contribution in [3.05, 3.63) is 53.4 Å². The largest absolute Gasteiger partial charge is 0.467 e. The molecule has 2 N–H and O–H groups in total. The van der Waals surface area contributed by atoms with E-state index in [4.69, 9.17) is 20.8 Å². The SMILES string of the molecule is C[C@@H](OC(=O)CCNS(=O)(=O)c1ccc(Cl)cc1)C(=O)NCc1ccco1. The van der Waals surface area contributed by atoms with Crippen molar-refractivity contribution in [2.45, 2.75) is 30.9 Å². The Kier molecular flexibility index (Phi) is 7.40. The molecular weight excluding hydrogens is 396 g/mol. The van der Waals surface area contributed by atoms with Gasteiger partial charge in [-0.1, -0.05) is 11.6 Å². The zero-order valence-corrected chi connectivity index (χ0v) is 16.0. The first-order valence-corrected chi connectivity index (χ1v) is 9.89. The normalized spacial score (nSPS) is 12.4. The topological polar surface area (TPSA) is 115 Å². The Hall–Kier alpha value is -2.36. The van der Waals surface area contributed by atoms with Crippen LogP contribution >= 0.6 is 11.6 Å². The van der Waals surface area contributed by atoms with E-state index in [-0.39, 0.29) is 24.4 Å². The van der Waals surface area contributed by atoms with Gasteiger partial charge < -0.3 is 14.5 Å². The second-order valence-electron chi connectivity index (χ2n) is 5.53. The van der Waals surface area contributed by atoms with E-state index in [0.717, 1.165) is 0 Å². The fourth-order valence-corrected chi connectivity index (χ4v) is 3.18. The molecule has 0 fully saturated rings. The van der Waals surface area contributed by atoms with E-state index in [2.05, 4.69) is 10.0 Å². The first-order valence-electron chi connectivity index (χ1n) is 8.03. The molecule has 0 spiro atoms. The number of carbonyl (C=O) groups is 2. The number of halogens is 1. The van der Waals surface area contributed by atoms with Gasteiger partial charge in [-0.15, -0.1) is 0 Å². The van der Waals surface area contributed by atoms with Gasteiger partial charge in [0.25, 0.3) is 5.91 Å². The molecule has 0 saturated carbocycles. The van der Waals surface area contributed by atoms with Gasteiger partial charge in [0, 0.05) is 11.6 Å². The number of hydrogen-bond donors (Lipinski definition) is 2. The Morgan fingerprint density at radius 1 is 1.22 bits per heavy atom. The molecule has 1 heterocycles. The Bertz CT molecular complexity index is 865. The van der Waals surface area contributed by atoms with Crippen LogP contribution in [0.25, 0.3) is 0 Å². The van der Waals surface area contributed by atoms with Crippen LogP contribution in [0.3, 0.4) is 0 Å². The predicted molar refractivity (Wildman–Crippen MR) is 97.4 cm³/mol. The van der Waals surface area contributed by atoms with E-state index in [1.165, 1.54) is 37.5 Å². The van der Waals surface area contributed by atoms with Gasteiger partial charge in [-0.25, -0.2) is 13.1 Å².